The third kappa shape index (κ3) is 5.54. The SMILES string of the molecule is C1=CC(n2c3ccccc3c3cc(-c4c5ccccc5c(-c5ccc(-c6ccc7c8c(ccc7c6)-c6c(c7ccccc7c7ccccc67)C86c7ccccc7-c7ccccc76)cc5)c5ccccc45)ccc32)=CCC1. The molecule has 3 aliphatic carbocycles. The van der Waals surface area contributed by atoms with Crippen LogP contribution in [0.3, 0.4) is 0 Å². The largest absolute Gasteiger partial charge is 0.310 e. The van der Waals surface area contributed by atoms with Crippen LogP contribution < -0.4 is 0 Å². The van der Waals surface area contributed by atoms with Gasteiger partial charge in [-0.3, -0.25) is 0 Å². The van der Waals surface area contributed by atoms with Crippen LogP contribution in [-0.2, 0) is 5.41 Å². The van der Waals surface area contributed by atoms with Crippen molar-refractivity contribution in [1.82, 2.24) is 4.57 Å². The molecule has 14 aromatic rings. The third-order valence-corrected chi connectivity index (χ3v) is 17.6. The first-order valence-corrected chi connectivity index (χ1v) is 26.9. The molecule has 0 N–H and O–H groups in total. The molecular formula is C75H47N. The van der Waals surface area contributed by atoms with Gasteiger partial charge in [-0.15, -0.1) is 0 Å². The Balaban J connectivity index is 0.821. The van der Waals surface area contributed by atoms with Crippen molar-refractivity contribution in [1.29, 1.82) is 0 Å². The molecule has 1 spiro atoms. The molecule has 17 rings (SSSR count). The van der Waals surface area contributed by atoms with E-state index in [0.717, 1.165) is 12.8 Å². The topological polar surface area (TPSA) is 4.93 Å². The summed E-state index contributed by atoms with van der Waals surface area (Å²) in [5, 5.41) is 15.4. The predicted molar refractivity (Wildman–Crippen MR) is 322 cm³/mol. The highest BCUT2D eigenvalue weighted by Crippen LogP contribution is 2.66. The van der Waals surface area contributed by atoms with Gasteiger partial charge in [-0.2, -0.15) is 0 Å². The molecule has 1 aromatic heterocycles. The lowest BCUT2D eigenvalue weighted by molar-refractivity contribution is 0.809. The third-order valence-electron chi connectivity index (χ3n) is 17.6. The van der Waals surface area contributed by atoms with E-state index in [-0.39, 0.29) is 0 Å². The van der Waals surface area contributed by atoms with E-state index in [1.165, 1.54) is 159 Å². The maximum atomic E-state index is 2.45. The lowest BCUT2D eigenvalue weighted by Gasteiger charge is -2.32. The average molecular weight is 962 g/mol. The van der Waals surface area contributed by atoms with E-state index < -0.39 is 5.41 Å². The van der Waals surface area contributed by atoms with Gasteiger partial charge in [0.05, 0.1) is 16.4 Å². The van der Waals surface area contributed by atoms with Gasteiger partial charge in [0.25, 0.3) is 0 Å². The molecule has 1 nitrogen and oxygen atoms in total. The summed E-state index contributed by atoms with van der Waals surface area (Å²) >= 11 is 0. The molecule has 1 heterocycles. The summed E-state index contributed by atoms with van der Waals surface area (Å²) < 4.78 is 2.45. The number of hydrogen-bond acceptors (Lipinski definition) is 0. The Morgan fingerprint density at radius 3 is 1.47 bits per heavy atom. The highest BCUT2D eigenvalue weighted by Gasteiger charge is 2.53. The van der Waals surface area contributed by atoms with Crippen molar-refractivity contribution in [2.24, 2.45) is 0 Å². The molecule has 13 aromatic carbocycles. The molecule has 0 fully saturated rings. The Kier molecular flexibility index (Phi) is 8.66. The molecule has 0 saturated heterocycles. The van der Waals surface area contributed by atoms with Crippen LogP contribution >= 0.6 is 0 Å². The minimum absolute atomic E-state index is 0.497. The van der Waals surface area contributed by atoms with Gasteiger partial charge in [0.2, 0.25) is 0 Å². The van der Waals surface area contributed by atoms with Crippen molar-refractivity contribution in [3.05, 3.63) is 283 Å². The fourth-order valence-corrected chi connectivity index (χ4v) is 14.6. The summed E-state index contributed by atoms with van der Waals surface area (Å²) in [6.07, 6.45) is 9.12. The molecule has 1 heteroatoms. The van der Waals surface area contributed by atoms with Crippen LogP contribution in [0.4, 0.5) is 0 Å². The van der Waals surface area contributed by atoms with Crippen LogP contribution in [0.15, 0.2) is 261 Å². The molecule has 0 unspecified atom stereocenters. The van der Waals surface area contributed by atoms with Gasteiger partial charge in [-0.1, -0.05) is 231 Å². The lowest BCUT2D eigenvalue weighted by atomic mass is 9.68. The lowest BCUT2D eigenvalue weighted by Crippen LogP contribution is -2.26. The Morgan fingerprint density at radius 2 is 0.816 bits per heavy atom. The number of rotatable bonds is 4. The second-order valence-corrected chi connectivity index (χ2v) is 21.2. The predicted octanol–water partition coefficient (Wildman–Crippen LogP) is 20.1. The minimum atomic E-state index is -0.497. The standard InChI is InChI=1S/C75H47N/c1-2-18-51(19-3-1)76-68-33-17-14-24-57(68)65-45-50(40-43-69(65)76)71-61-28-9-7-26-59(61)70(60-27-8-10-29-62(60)71)47-36-34-46(35-37-47)48-38-41-52-49(44-48)39-42-64-72-58-25-6-4-20-53(58)54-21-5-11-30-63(54)74(72)75(73(52)64)66-31-15-12-22-55(66)56-23-13-16-32-67(56)75/h2,4-45H,1,3H2. The quantitative estimate of drug-likeness (QED) is 0.122. The Labute approximate surface area is 440 Å². The van der Waals surface area contributed by atoms with Crippen LogP contribution in [0.25, 0.3) is 137 Å². The van der Waals surface area contributed by atoms with Crippen molar-refractivity contribution < 1.29 is 0 Å². The van der Waals surface area contributed by atoms with E-state index in [9.17, 15) is 0 Å². The van der Waals surface area contributed by atoms with Gasteiger partial charge < -0.3 is 4.57 Å². The van der Waals surface area contributed by atoms with Crippen molar-refractivity contribution in [2.75, 3.05) is 0 Å². The van der Waals surface area contributed by atoms with Gasteiger partial charge in [0, 0.05) is 16.5 Å². The second-order valence-electron chi connectivity index (χ2n) is 21.2. The van der Waals surface area contributed by atoms with E-state index in [2.05, 4.69) is 265 Å². The second kappa shape index (κ2) is 15.7. The maximum Gasteiger partial charge on any atom is 0.0737 e. The Bertz CT molecular complexity index is 4820. The Hall–Kier alpha value is -9.56. The monoisotopic (exact) mass is 961 g/mol. The van der Waals surface area contributed by atoms with Crippen LogP contribution in [0.5, 0.6) is 0 Å². The summed E-state index contributed by atoms with van der Waals surface area (Å²) in [5.74, 6) is 0. The minimum Gasteiger partial charge on any atom is -0.310 e. The molecular weight excluding hydrogens is 915 g/mol. The fraction of sp³-hybridized carbons (Fsp3) is 0.0400. The number of para-hydroxylation sites is 1. The smallest absolute Gasteiger partial charge is 0.0737 e. The van der Waals surface area contributed by atoms with Crippen LogP contribution in [0.2, 0.25) is 0 Å². The van der Waals surface area contributed by atoms with Crippen molar-refractivity contribution in [3.8, 4) is 55.6 Å². The molecule has 3 aliphatic rings. The van der Waals surface area contributed by atoms with Gasteiger partial charge in [-0.25, -0.2) is 0 Å². The molecule has 76 heavy (non-hydrogen) atoms. The van der Waals surface area contributed by atoms with E-state index in [1.54, 1.807) is 0 Å². The number of benzene rings is 13. The van der Waals surface area contributed by atoms with Crippen LogP contribution in [0.1, 0.15) is 35.1 Å². The van der Waals surface area contributed by atoms with Crippen molar-refractivity contribution in [3.63, 3.8) is 0 Å². The summed E-state index contributed by atoms with van der Waals surface area (Å²) in [4.78, 5) is 0. The number of nitrogens with zero attached hydrogens (tertiary/aromatic N) is 1. The number of hydrogen-bond donors (Lipinski definition) is 0. The maximum absolute atomic E-state index is 2.45. The molecule has 0 atom stereocenters. The fourth-order valence-electron chi connectivity index (χ4n) is 14.6. The van der Waals surface area contributed by atoms with Crippen LogP contribution in [0, 0.1) is 0 Å². The van der Waals surface area contributed by atoms with Gasteiger partial charge >= 0.3 is 0 Å². The molecule has 0 saturated carbocycles. The van der Waals surface area contributed by atoms with Crippen molar-refractivity contribution >= 4 is 81.4 Å². The molecule has 0 amide bonds. The normalized spacial score (nSPS) is 14.1. The summed E-state index contributed by atoms with van der Waals surface area (Å²) in [6, 6.07) is 92.1. The zero-order valence-electron chi connectivity index (χ0n) is 41.7. The van der Waals surface area contributed by atoms with E-state index >= 15 is 0 Å². The number of aromatic nitrogens is 1. The summed E-state index contributed by atoms with van der Waals surface area (Å²) in [5.41, 5.74) is 21.5. The summed E-state index contributed by atoms with van der Waals surface area (Å²) in [7, 11) is 0. The zero-order valence-corrected chi connectivity index (χ0v) is 41.7. The average Bonchev–Trinajstić information content (AvgIpc) is 4.26. The molecule has 0 radical (unpaired) electrons. The highest BCUT2D eigenvalue weighted by atomic mass is 15.0. The van der Waals surface area contributed by atoms with Gasteiger partial charge in [0.1, 0.15) is 0 Å². The molecule has 0 aliphatic heterocycles. The molecule has 352 valence electrons. The first kappa shape index (κ1) is 41.9. The highest BCUT2D eigenvalue weighted by molar-refractivity contribution is 6.24. The van der Waals surface area contributed by atoms with E-state index in [1.807, 2.05) is 0 Å². The van der Waals surface area contributed by atoms with E-state index in [0.29, 0.717) is 0 Å². The summed E-state index contributed by atoms with van der Waals surface area (Å²) in [6.45, 7) is 0. The first-order chi connectivity index (χ1) is 37.7. The van der Waals surface area contributed by atoms with Crippen LogP contribution in [-0.4, -0.2) is 4.57 Å². The Morgan fingerprint density at radius 1 is 0.303 bits per heavy atom. The molecule has 0 bridgehead atoms. The zero-order chi connectivity index (χ0) is 49.6. The van der Waals surface area contributed by atoms with Gasteiger partial charge in [-0.05, 0) is 175 Å². The first-order valence-electron chi connectivity index (χ1n) is 26.9. The number of fused-ring (bicyclic) bond motifs is 22. The van der Waals surface area contributed by atoms with Crippen molar-refractivity contribution in [2.45, 2.75) is 18.3 Å². The van der Waals surface area contributed by atoms with E-state index in [4.69, 9.17) is 0 Å². The number of allylic oxidation sites excluding steroid dienone is 4. The van der Waals surface area contributed by atoms with Gasteiger partial charge in [0.15, 0.2) is 0 Å².